The van der Waals surface area contributed by atoms with Gasteiger partial charge in [-0.05, 0) is 0 Å². The molecule has 0 bridgehead atoms. The van der Waals surface area contributed by atoms with Gasteiger partial charge >= 0.3 is 120 Å². The van der Waals surface area contributed by atoms with Crippen molar-refractivity contribution in [1.82, 2.24) is 0 Å². The third-order valence-electron chi connectivity index (χ3n) is 0. The summed E-state index contributed by atoms with van der Waals surface area (Å²) in [5.74, 6) is 0. The smallest absolute Gasteiger partial charge is 0.512 e. The first-order valence-electron chi connectivity index (χ1n) is 0.894. The second kappa shape index (κ2) is 443. The molecule has 0 N–H and O–H groups in total. The molecule has 0 aliphatic carbocycles. The molecule has 0 aromatic carbocycles. The molecule has 0 aromatic heterocycles. The van der Waals surface area contributed by atoms with Crippen molar-refractivity contribution in [3.05, 3.63) is 26.3 Å². The average molecular weight is 238 g/mol. The summed E-state index contributed by atoms with van der Waals surface area (Å²) in [7, 11) is 0. The number of rotatable bonds is 0. The van der Waals surface area contributed by atoms with Crippen LogP contribution in [0, 0.1) is 47.3 Å². The Morgan fingerprint density at radius 2 is 0.455 bits per heavy atom. The van der Waals surface area contributed by atoms with Gasteiger partial charge in [-0.15, -0.1) is 0 Å². The number of hydrogen-bond donors (Lipinski definition) is 0. The Hall–Kier alpha value is 1.75. The van der Waals surface area contributed by atoms with E-state index in [2.05, 4.69) is 0 Å². The Balaban J connectivity index is -0.00000000356. The van der Waals surface area contributed by atoms with Gasteiger partial charge < -0.3 is 47.3 Å². The molecule has 0 radical (unpaired) electrons. The zero-order valence-electron chi connectivity index (χ0n) is 6.14. The summed E-state index contributed by atoms with van der Waals surface area (Å²) in [6.45, 7) is 19.0. The van der Waals surface area contributed by atoms with Crippen molar-refractivity contribution in [2.24, 2.45) is 0 Å². The average Bonchev–Trinajstić information content (AvgIpc) is 2.03. The molecule has 0 aliphatic rings. The maximum absolute atomic E-state index is 6.25. The zero-order chi connectivity index (χ0) is 8.00. The van der Waals surface area contributed by atoms with Gasteiger partial charge in [-0.2, -0.15) is 0 Å². The van der Waals surface area contributed by atoms with Crippen molar-refractivity contribution in [2.45, 2.75) is 0 Å². The zero-order valence-corrected chi connectivity index (χ0v) is 13.5. The Morgan fingerprint density at radius 3 is 0.455 bits per heavy atom. The van der Waals surface area contributed by atoms with E-state index in [0.29, 0.717) is 0 Å². The Morgan fingerprint density at radius 1 is 0.455 bits per heavy atom. The van der Waals surface area contributed by atoms with Crippen LogP contribution < -0.4 is 103 Å². The molecule has 0 heterocycles. The minimum absolute atomic E-state index is 0. The van der Waals surface area contributed by atoms with Gasteiger partial charge in [0.1, 0.15) is 0 Å². The molecule has 0 amide bonds. The van der Waals surface area contributed by atoms with Crippen LogP contribution in [0.15, 0.2) is 0 Å². The standard InChI is InChI=1S/4CN.Fe.2K/c4*1-2;;;/q4*-1;+2;2*+1. The van der Waals surface area contributed by atoms with Crippen LogP contribution in [0.25, 0.3) is 0 Å². The molecule has 0 saturated heterocycles. The number of hydrogen-bond acceptors (Lipinski definition) is 4. The van der Waals surface area contributed by atoms with Crippen LogP contribution in [0.2, 0.25) is 0 Å². The third-order valence-corrected chi connectivity index (χ3v) is 0. The second-order valence-electron chi connectivity index (χ2n) is 0. The van der Waals surface area contributed by atoms with E-state index in [-0.39, 0.29) is 120 Å². The maximum atomic E-state index is 6.25. The molecule has 0 atom stereocenters. The molecule has 4 nitrogen and oxygen atoms in total. The quantitative estimate of drug-likeness (QED) is 0.310. The summed E-state index contributed by atoms with van der Waals surface area (Å²) in [6, 6.07) is 0. The summed E-state index contributed by atoms with van der Waals surface area (Å²) < 4.78 is 0. The van der Waals surface area contributed by atoms with Crippen LogP contribution >= 0.6 is 0 Å². The molecule has 0 unspecified atom stereocenters. The SMILES string of the molecule is [C-]#N.[C-]#N.[C-]#N.[C-]#N.[Fe+2].[K+].[K+]. The van der Waals surface area contributed by atoms with Gasteiger partial charge in [0.15, 0.2) is 0 Å². The van der Waals surface area contributed by atoms with E-state index in [0.717, 1.165) is 0 Å². The van der Waals surface area contributed by atoms with Crippen molar-refractivity contribution in [2.75, 3.05) is 0 Å². The van der Waals surface area contributed by atoms with E-state index in [4.69, 9.17) is 47.3 Å². The Bertz CT molecular complexity index is 63.1. The van der Waals surface area contributed by atoms with Gasteiger partial charge in [-0.1, -0.05) is 0 Å². The first-order chi connectivity index (χ1) is 4.00. The van der Waals surface area contributed by atoms with E-state index < -0.39 is 0 Å². The molecule has 0 saturated carbocycles. The Kier molecular flexibility index (Phi) is 2140. The van der Waals surface area contributed by atoms with E-state index >= 15 is 0 Å². The van der Waals surface area contributed by atoms with Crippen molar-refractivity contribution < 1.29 is 120 Å². The van der Waals surface area contributed by atoms with Gasteiger partial charge in [0.05, 0.1) is 0 Å². The minimum Gasteiger partial charge on any atom is -0.512 e. The Labute approximate surface area is 163 Å². The molecule has 11 heavy (non-hydrogen) atoms. The summed E-state index contributed by atoms with van der Waals surface area (Å²) in [5, 5.41) is 25.0. The van der Waals surface area contributed by atoms with Crippen LogP contribution in [0.1, 0.15) is 0 Å². The van der Waals surface area contributed by atoms with Gasteiger partial charge in [0.2, 0.25) is 0 Å². The molecule has 0 aromatic rings. The summed E-state index contributed by atoms with van der Waals surface area (Å²) >= 11 is 0. The van der Waals surface area contributed by atoms with Gasteiger partial charge in [0, 0.05) is 0 Å². The van der Waals surface area contributed by atoms with E-state index in [1.807, 2.05) is 0 Å². The molecule has 0 spiro atoms. The van der Waals surface area contributed by atoms with Crippen molar-refractivity contribution >= 4 is 0 Å². The van der Waals surface area contributed by atoms with Crippen LogP contribution in [-0.2, 0) is 17.1 Å². The fraction of sp³-hybridized carbons (Fsp3) is 0. The van der Waals surface area contributed by atoms with E-state index in [1.165, 1.54) is 0 Å². The van der Waals surface area contributed by atoms with Crippen LogP contribution in [0.4, 0.5) is 0 Å². The normalized spacial score (nSPS) is 0.727. The predicted octanol–water partition coefficient (Wildman–Crippen LogP) is -5.61. The summed E-state index contributed by atoms with van der Waals surface area (Å²) in [6.07, 6.45) is 0. The predicted molar refractivity (Wildman–Crippen MR) is 19.9 cm³/mol. The van der Waals surface area contributed by atoms with E-state index in [1.54, 1.807) is 0 Å². The first-order valence-corrected chi connectivity index (χ1v) is 0.894. The van der Waals surface area contributed by atoms with Crippen LogP contribution in [0.5, 0.6) is 0 Å². The first kappa shape index (κ1) is 53.2. The van der Waals surface area contributed by atoms with Crippen molar-refractivity contribution in [3.8, 4) is 0 Å². The van der Waals surface area contributed by atoms with Gasteiger partial charge in [-0.25, -0.2) is 0 Å². The molecule has 7 heteroatoms. The molecule has 0 fully saturated rings. The molecule has 0 rings (SSSR count). The van der Waals surface area contributed by atoms with Crippen molar-refractivity contribution in [3.63, 3.8) is 0 Å². The van der Waals surface area contributed by atoms with Crippen LogP contribution in [0.3, 0.4) is 0 Å². The fourth-order valence-corrected chi connectivity index (χ4v) is 0. The second-order valence-corrected chi connectivity index (χ2v) is 0. The summed E-state index contributed by atoms with van der Waals surface area (Å²) in [4.78, 5) is 0. The monoisotopic (exact) mass is 238 g/mol. The third kappa shape index (κ3) is 364. The van der Waals surface area contributed by atoms with Crippen LogP contribution in [-0.4, -0.2) is 0 Å². The summed E-state index contributed by atoms with van der Waals surface area (Å²) in [5.41, 5.74) is 0. The van der Waals surface area contributed by atoms with Crippen molar-refractivity contribution in [1.29, 1.82) is 21.0 Å². The van der Waals surface area contributed by atoms with E-state index in [9.17, 15) is 0 Å². The molecule has 0 aliphatic heterocycles. The number of nitrogens with zero attached hydrogens (tertiary/aromatic N) is 4. The molecular weight excluding hydrogens is 238 g/mol. The maximum Gasteiger partial charge on any atom is 2.00 e. The molecular formula is C4FeK2N4. The van der Waals surface area contributed by atoms with Gasteiger partial charge in [0.25, 0.3) is 0 Å². The topological polar surface area (TPSA) is 95.2 Å². The van der Waals surface area contributed by atoms with Gasteiger partial charge in [-0.3, -0.25) is 0 Å². The minimum atomic E-state index is 0. The largest absolute Gasteiger partial charge is 2.00 e. The molecule has 46 valence electrons. The fourth-order valence-electron chi connectivity index (χ4n) is 0.